The van der Waals surface area contributed by atoms with E-state index in [0.717, 1.165) is 12.8 Å². The summed E-state index contributed by atoms with van der Waals surface area (Å²) in [6.45, 7) is 0. The van der Waals surface area contributed by atoms with Crippen molar-refractivity contribution in [1.29, 1.82) is 0 Å². The summed E-state index contributed by atoms with van der Waals surface area (Å²) in [5.41, 5.74) is 4.92. The molecule has 1 amide bonds. The number of nitrogens with two attached hydrogens (primary N) is 1. The molecule has 1 aliphatic rings. The van der Waals surface area contributed by atoms with Gasteiger partial charge in [0.15, 0.2) is 6.10 Å². The van der Waals surface area contributed by atoms with Crippen LogP contribution in [-0.4, -0.2) is 12.2 Å². The molecule has 2 N–H and O–H groups in total. The van der Waals surface area contributed by atoms with Gasteiger partial charge in [-0.2, -0.15) is 0 Å². The number of ether oxygens (including phenoxy) is 1. The molecule has 72 valence electrons. The second-order valence-corrected chi connectivity index (χ2v) is 3.42. The molecule has 0 bridgehead atoms. The molecule has 3 nitrogen and oxygen atoms in total. The number of carbonyl (C=O) groups excluding carboxylic acids is 1. The maximum absolute atomic E-state index is 10.5. The van der Waals surface area contributed by atoms with E-state index >= 15 is 0 Å². The van der Waals surface area contributed by atoms with Gasteiger partial charge in [-0.25, -0.2) is 4.79 Å². The maximum atomic E-state index is 10.5. The summed E-state index contributed by atoms with van der Waals surface area (Å²) in [5, 5.41) is 0. The van der Waals surface area contributed by atoms with Gasteiger partial charge < -0.3 is 10.5 Å². The molecule has 3 heteroatoms. The van der Waals surface area contributed by atoms with E-state index in [2.05, 4.69) is 5.92 Å². The van der Waals surface area contributed by atoms with Crippen LogP contribution in [0.3, 0.4) is 0 Å². The lowest BCUT2D eigenvalue weighted by atomic mass is 9.85. The second-order valence-electron chi connectivity index (χ2n) is 3.42. The fourth-order valence-corrected chi connectivity index (χ4v) is 1.83. The fourth-order valence-electron chi connectivity index (χ4n) is 1.83. The zero-order valence-electron chi connectivity index (χ0n) is 7.66. The highest BCUT2D eigenvalue weighted by Crippen LogP contribution is 2.27. The average molecular weight is 181 g/mol. The lowest BCUT2D eigenvalue weighted by Crippen LogP contribution is -2.29. The van der Waals surface area contributed by atoms with Gasteiger partial charge in [0, 0.05) is 5.92 Å². The van der Waals surface area contributed by atoms with Gasteiger partial charge in [0.2, 0.25) is 0 Å². The molecule has 0 saturated heterocycles. The molecule has 1 saturated carbocycles. The van der Waals surface area contributed by atoms with E-state index in [1.165, 1.54) is 19.3 Å². The van der Waals surface area contributed by atoms with Crippen molar-refractivity contribution >= 4 is 6.09 Å². The summed E-state index contributed by atoms with van der Waals surface area (Å²) >= 11 is 0. The Morgan fingerprint density at radius 3 is 2.54 bits per heavy atom. The molecule has 0 aromatic rings. The standard InChI is InChI=1S/C10H15NO2/c1-2-9(13-10(11)12)8-6-4-3-5-7-8/h1,8-9H,3-7H2,(H2,11,12)/t9-/m1/s1. The molecule has 1 aliphatic carbocycles. The largest absolute Gasteiger partial charge is 0.433 e. The molecule has 1 fully saturated rings. The Kier molecular flexibility index (Phi) is 3.63. The minimum Gasteiger partial charge on any atom is -0.433 e. The van der Waals surface area contributed by atoms with Crippen LogP contribution in [0.25, 0.3) is 0 Å². The van der Waals surface area contributed by atoms with Crippen LogP contribution in [0.2, 0.25) is 0 Å². The van der Waals surface area contributed by atoms with Crippen molar-refractivity contribution in [3.8, 4) is 12.3 Å². The second kappa shape index (κ2) is 4.76. The monoisotopic (exact) mass is 181 g/mol. The molecular formula is C10H15NO2. The Balaban J connectivity index is 2.45. The van der Waals surface area contributed by atoms with Crippen molar-refractivity contribution < 1.29 is 9.53 Å². The van der Waals surface area contributed by atoms with E-state index in [0.29, 0.717) is 5.92 Å². The van der Waals surface area contributed by atoms with Crippen molar-refractivity contribution in [2.45, 2.75) is 38.2 Å². The molecular weight excluding hydrogens is 166 g/mol. The van der Waals surface area contributed by atoms with Crippen LogP contribution in [0.15, 0.2) is 0 Å². The minimum absolute atomic E-state index is 0.311. The zero-order valence-corrected chi connectivity index (χ0v) is 7.66. The predicted octanol–water partition coefficient (Wildman–Crippen LogP) is 1.66. The first-order chi connectivity index (χ1) is 6.24. The summed E-state index contributed by atoms with van der Waals surface area (Å²) in [4.78, 5) is 10.5. The third kappa shape index (κ3) is 2.98. The summed E-state index contributed by atoms with van der Waals surface area (Å²) in [5.74, 6) is 2.79. The van der Waals surface area contributed by atoms with Crippen molar-refractivity contribution in [3.63, 3.8) is 0 Å². The van der Waals surface area contributed by atoms with Gasteiger partial charge in [0.05, 0.1) is 0 Å². The van der Waals surface area contributed by atoms with Gasteiger partial charge in [-0.1, -0.05) is 25.2 Å². The number of hydrogen-bond acceptors (Lipinski definition) is 2. The lowest BCUT2D eigenvalue weighted by Gasteiger charge is -2.25. The zero-order chi connectivity index (χ0) is 9.68. The lowest BCUT2D eigenvalue weighted by molar-refractivity contribution is 0.0883. The number of rotatable bonds is 2. The highest BCUT2D eigenvalue weighted by atomic mass is 16.6. The van der Waals surface area contributed by atoms with Crippen LogP contribution in [0.4, 0.5) is 4.79 Å². The summed E-state index contributed by atoms with van der Waals surface area (Å²) in [6, 6.07) is 0. The smallest absolute Gasteiger partial charge is 0.405 e. The van der Waals surface area contributed by atoms with E-state index in [-0.39, 0.29) is 0 Å². The van der Waals surface area contributed by atoms with Crippen LogP contribution in [0, 0.1) is 18.3 Å². The van der Waals surface area contributed by atoms with Gasteiger partial charge in [-0.05, 0) is 12.8 Å². The highest BCUT2D eigenvalue weighted by molar-refractivity contribution is 5.65. The van der Waals surface area contributed by atoms with Gasteiger partial charge in [-0.3, -0.25) is 0 Å². The number of amides is 1. The van der Waals surface area contributed by atoms with E-state index in [9.17, 15) is 4.79 Å². The topological polar surface area (TPSA) is 52.3 Å². The Morgan fingerprint density at radius 2 is 2.08 bits per heavy atom. The molecule has 0 heterocycles. The molecule has 0 aromatic heterocycles. The Morgan fingerprint density at radius 1 is 1.46 bits per heavy atom. The van der Waals surface area contributed by atoms with Gasteiger partial charge in [0.1, 0.15) is 0 Å². The first-order valence-electron chi connectivity index (χ1n) is 4.66. The quantitative estimate of drug-likeness (QED) is 0.659. The van der Waals surface area contributed by atoms with Crippen LogP contribution < -0.4 is 5.73 Å². The SMILES string of the molecule is C#C[C@@H](OC(N)=O)C1CCCCC1. The van der Waals surface area contributed by atoms with Crippen LogP contribution in [0.1, 0.15) is 32.1 Å². The van der Waals surface area contributed by atoms with Crippen LogP contribution >= 0.6 is 0 Å². The van der Waals surface area contributed by atoms with Crippen molar-refractivity contribution in [2.75, 3.05) is 0 Å². The van der Waals surface area contributed by atoms with Gasteiger partial charge in [-0.15, -0.1) is 6.42 Å². The fraction of sp³-hybridized carbons (Fsp3) is 0.700. The summed E-state index contributed by atoms with van der Waals surface area (Å²) in [7, 11) is 0. The van der Waals surface area contributed by atoms with Crippen LogP contribution in [0.5, 0.6) is 0 Å². The molecule has 0 unspecified atom stereocenters. The number of carbonyl (C=O) groups is 1. The van der Waals surface area contributed by atoms with Gasteiger partial charge in [0.25, 0.3) is 0 Å². The third-order valence-electron chi connectivity index (χ3n) is 2.49. The molecule has 0 aromatic carbocycles. The van der Waals surface area contributed by atoms with Crippen molar-refractivity contribution in [2.24, 2.45) is 11.7 Å². The number of hydrogen-bond donors (Lipinski definition) is 1. The van der Waals surface area contributed by atoms with Crippen molar-refractivity contribution in [1.82, 2.24) is 0 Å². The molecule has 13 heavy (non-hydrogen) atoms. The first-order valence-corrected chi connectivity index (χ1v) is 4.66. The van der Waals surface area contributed by atoms with E-state index in [1.807, 2.05) is 0 Å². The molecule has 0 aliphatic heterocycles. The Labute approximate surface area is 78.6 Å². The maximum Gasteiger partial charge on any atom is 0.405 e. The van der Waals surface area contributed by atoms with Crippen molar-refractivity contribution in [3.05, 3.63) is 0 Å². The number of terminal acetylenes is 1. The summed E-state index contributed by atoms with van der Waals surface area (Å²) < 4.78 is 4.84. The molecule has 1 rings (SSSR count). The Bertz CT molecular complexity index is 213. The normalized spacial score (nSPS) is 20.2. The third-order valence-corrected chi connectivity index (χ3v) is 2.49. The van der Waals surface area contributed by atoms with E-state index < -0.39 is 12.2 Å². The number of primary amides is 1. The summed E-state index contributed by atoms with van der Waals surface area (Å²) in [6.07, 6.45) is 9.77. The molecule has 0 radical (unpaired) electrons. The average Bonchev–Trinajstić information content (AvgIpc) is 2.15. The predicted molar refractivity (Wildman–Crippen MR) is 49.9 cm³/mol. The Hall–Kier alpha value is -1.17. The highest BCUT2D eigenvalue weighted by Gasteiger charge is 2.24. The molecule has 1 atom stereocenters. The van der Waals surface area contributed by atoms with E-state index in [4.69, 9.17) is 16.9 Å². The molecule has 0 spiro atoms. The van der Waals surface area contributed by atoms with Crippen LogP contribution in [-0.2, 0) is 4.74 Å². The van der Waals surface area contributed by atoms with E-state index in [1.54, 1.807) is 0 Å². The van der Waals surface area contributed by atoms with Gasteiger partial charge >= 0.3 is 6.09 Å². The minimum atomic E-state index is -0.770. The first kappa shape index (κ1) is 9.91.